The fourth-order valence-corrected chi connectivity index (χ4v) is 1.44. The van der Waals surface area contributed by atoms with E-state index in [0.29, 0.717) is 0 Å². The molecule has 0 amide bonds. The third kappa shape index (κ3) is 3.90. The Kier molecular flexibility index (Phi) is 4.84. The molecule has 0 bridgehead atoms. The third-order valence-corrected chi connectivity index (χ3v) is 2.39. The highest BCUT2D eigenvalue weighted by molar-refractivity contribution is 5.69. The summed E-state index contributed by atoms with van der Waals surface area (Å²) in [6.07, 6.45) is -7.96. The Bertz CT molecular complexity index is 450. The van der Waals surface area contributed by atoms with Crippen molar-refractivity contribution in [2.75, 3.05) is 7.11 Å². The van der Waals surface area contributed by atoms with Gasteiger partial charge in [-0.1, -0.05) is 0 Å². The van der Waals surface area contributed by atoms with Crippen LogP contribution in [0.15, 0.2) is 18.3 Å². The molecule has 2 unspecified atom stereocenters. The summed E-state index contributed by atoms with van der Waals surface area (Å²) in [5, 5.41) is 19.2. The van der Waals surface area contributed by atoms with E-state index in [4.69, 9.17) is 0 Å². The molecule has 106 valence electrons. The van der Waals surface area contributed by atoms with Gasteiger partial charge in [0.25, 0.3) is 0 Å². The predicted octanol–water partition coefficient (Wildman–Crippen LogP) is 1.06. The average Bonchev–Trinajstić information content (AvgIpc) is 2.36. The molecule has 0 saturated carbocycles. The van der Waals surface area contributed by atoms with E-state index in [1.165, 1.54) is 0 Å². The van der Waals surface area contributed by atoms with Crippen LogP contribution >= 0.6 is 0 Å². The second-order valence-corrected chi connectivity index (χ2v) is 3.73. The fourth-order valence-electron chi connectivity index (χ4n) is 1.44. The molecule has 0 radical (unpaired) electrons. The summed E-state index contributed by atoms with van der Waals surface area (Å²) in [4.78, 5) is 14.3. The zero-order chi connectivity index (χ0) is 14.6. The van der Waals surface area contributed by atoms with Gasteiger partial charge >= 0.3 is 12.1 Å². The highest BCUT2D eigenvalue weighted by Crippen LogP contribution is 2.34. The second-order valence-electron chi connectivity index (χ2n) is 3.73. The lowest BCUT2D eigenvalue weighted by Gasteiger charge is -2.19. The topological polar surface area (TPSA) is 79.7 Å². The van der Waals surface area contributed by atoms with E-state index in [9.17, 15) is 28.2 Å². The molecular formula is C11H12F3NO4. The zero-order valence-corrected chi connectivity index (χ0v) is 9.89. The number of carbonyl (C=O) groups is 1. The van der Waals surface area contributed by atoms with Gasteiger partial charge in [0.2, 0.25) is 0 Å². The fraction of sp³-hybridized carbons (Fsp3) is 0.455. The van der Waals surface area contributed by atoms with E-state index < -0.39 is 42.0 Å². The van der Waals surface area contributed by atoms with Crippen LogP contribution in [0, 0.1) is 0 Å². The van der Waals surface area contributed by atoms with Crippen LogP contribution < -0.4 is 0 Å². The lowest BCUT2D eigenvalue weighted by atomic mass is 10.0. The zero-order valence-electron chi connectivity index (χ0n) is 9.89. The number of esters is 1. The number of methoxy groups -OCH3 is 1. The number of carbonyl (C=O) groups excluding carboxylic acids is 1. The van der Waals surface area contributed by atoms with Gasteiger partial charge in [0.05, 0.1) is 30.9 Å². The Hall–Kier alpha value is -1.67. The number of ether oxygens (including phenoxy) is 1. The highest BCUT2D eigenvalue weighted by atomic mass is 19.4. The van der Waals surface area contributed by atoms with Crippen molar-refractivity contribution in [3.05, 3.63) is 29.6 Å². The van der Waals surface area contributed by atoms with Gasteiger partial charge in [-0.2, -0.15) is 13.2 Å². The summed E-state index contributed by atoms with van der Waals surface area (Å²) in [6.45, 7) is 0. The van der Waals surface area contributed by atoms with Crippen LogP contribution in [-0.4, -0.2) is 34.4 Å². The number of pyridine rings is 1. The van der Waals surface area contributed by atoms with Crippen molar-refractivity contribution in [1.82, 2.24) is 4.98 Å². The normalized spacial score (nSPS) is 14.8. The summed E-state index contributed by atoms with van der Waals surface area (Å²) in [5.41, 5.74) is -1.89. The molecule has 1 aromatic heterocycles. The summed E-state index contributed by atoms with van der Waals surface area (Å²) in [7, 11) is 1.06. The Balaban J connectivity index is 2.99. The molecule has 1 heterocycles. The van der Waals surface area contributed by atoms with Crippen molar-refractivity contribution in [2.24, 2.45) is 0 Å². The molecule has 5 nitrogen and oxygen atoms in total. The number of halogens is 3. The Morgan fingerprint density at radius 1 is 1.47 bits per heavy atom. The molecule has 0 fully saturated rings. The molecule has 2 atom stereocenters. The number of hydrogen-bond donors (Lipinski definition) is 2. The van der Waals surface area contributed by atoms with Gasteiger partial charge in [0, 0.05) is 6.20 Å². The number of nitrogens with zero attached hydrogens (tertiary/aromatic N) is 1. The minimum absolute atomic E-state index is 0.633. The van der Waals surface area contributed by atoms with E-state index >= 15 is 0 Å². The van der Waals surface area contributed by atoms with Gasteiger partial charge in [-0.25, -0.2) is 0 Å². The van der Waals surface area contributed by atoms with Crippen LogP contribution in [0.1, 0.15) is 23.8 Å². The molecule has 2 N–H and O–H groups in total. The van der Waals surface area contributed by atoms with Gasteiger partial charge in [-0.05, 0) is 12.1 Å². The molecule has 1 rings (SSSR count). The van der Waals surface area contributed by atoms with Crippen LogP contribution in [0.4, 0.5) is 13.2 Å². The average molecular weight is 279 g/mol. The van der Waals surface area contributed by atoms with E-state index in [1.54, 1.807) is 0 Å². The number of aromatic nitrogens is 1. The van der Waals surface area contributed by atoms with Crippen LogP contribution in [-0.2, 0) is 15.7 Å². The molecular weight excluding hydrogens is 267 g/mol. The quantitative estimate of drug-likeness (QED) is 0.806. The first-order valence-corrected chi connectivity index (χ1v) is 5.22. The van der Waals surface area contributed by atoms with Gasteiger partial charge in [0.1, 0.15) is 6.10 Å². The second kappa shape index (κ2) is 5.98. The number of rotatable bonds is 4. The standard InChI is InChI=1S/C11H12F3NO4/c1-19-8(17)5-7(16)10(18)9-6(11(12,13)14)3-2-4-15-9/h2-4,7,10,16,18H,5H2,1H3. The van der Waals surface area contributed by atoms with Gasteiger partial charge < -0.3 is 14.9 Å². The number of aliphatic hydroxyl groups is 2. The van der Waals surface area contributed by atoms with Gasteiger partial charge in [-0.3, -0.25) is 9.78 Å². The van der Waals surface area contributed by atoms with Crippen LogP contribution in [0.25, 0.3) is 0 Å². The van der Waals surface area contributed by atoms with E-state index in [1.807, 2.05) is 0 Å². The van der Waals surface area contributed by atoms with Crippen molar-refractivity contribution in [2.45, 2.75) is 24.8 Å². The SMILES string of the molecule is COC(=O)CC(O)C(O)c1ncccc1C(F)(F)F. The first-order valence-electron chi connectivity index (χ1n) is 5.22. The molecule has 0 aliphatic heterocycles. The largest absolute Gasteiger partial charge is 0.469 e. The lowest BCUT2D eigenvalue weighted by molar-refractivity contribution is -0.145. The maximum atomic E-state index is 12.7. The Morgan fingerprint density at radius 3 is 2.63 bits per heavy atom. The molecule has 0 aliphatic carbocycles. The van der Waals surface area contributed by atoms with Gasteiger partial charge in [0.15, 0.2) is 0 Å². The first-order chi connectivity index (χ1) is 8.77. The summed E-state index contributed by atoms with van der Waals surface area (Å²) < 4.78 is 42.3. The Labute approximate surface area is 106 Å². The molecule has 19 heavy (non-hydrogen) atoms. The van der Waals surface area contributed by atoms with Crippen molar-refractivity contribution in [3.63, 3.8) is 0 Å². The number of alkyl halides is 3. The number of hydrogen-bond acceptors (Lipinski definition) is 5. The minimum atomic E-state index is -4.71. The molecule has 1 aromatic rings. The van der Waals surface area contributed by atoms with E-state index in [0.717, 1.165) is 25.4 Å². The van der Waals surface area contributed by atoms with Crippen LogP contribution in [0.2, 0.25) is 0 Å². The maximum Gasteiger partial charge on any atom is 0.418 e. The Morgan fingerprint density at radius 2 is 2.11 bits per heavy atom. The van der Waals surface area contributed by atoms with Crippen LogP contribution in [0.5, 0.6) is 0 Å². The predicted molar refractivity (Wildman–Crippen MR) is 56.8 cm³/mol. The molecule has 0 saturated heterocycles. The van der Waals surface area contributed by atoms with E-state index in [-0.39, 0.29) is 0 Å². The summed E-state index contributed by atoms with van der Waals surface area (Å²) in [5.74, 6) is -0.851. The van der Waals surface area contributed by atoms with Crippen LogP contribution in [0.3, 0.4) is 0 Å². The minimum Gasteiger partial charge on any atom is -0.469 e. The van der Waals surface area contributed by atoms with E-state index in [2.05, 4.69) is 9.72 Å². The molecule has 0 aliphatic rings. The van der Waals surface area contributed by atoms with Crippen molar-refractivity contribution >= 4 is 5.97 Å². The molecule has 8 heteroatoms. The first kappa shape index (κ1) is 15.4. The van der Waals surface area contributed by atoms with Gasteiger partial charge in [-0.15, -0.1) is 0 Å². The highest BCUT2D eigenvalue weighted by Gasteiger charge is 2.37. The third-order valence-electron chi connectivity index (χ3n) is 2.39. The smallest absolute Gasteiger partial charge is 0.418 e. The van der Waals surface area contributed by atoms with Crippen molar-refractivity contribution in [1.29, 1.82) is 0 Å². The number of aliphatic hydroxyl groups excluding tert-OH is 2. The van der Waals surface area contributed by atoms with Crippen molar-refractivity contribution < 1.29 is 32.9 Å². The summed E-state index contributed by atoms with van der Waals surface area (Å²) in [6, 6.07) is 1.79. The van der Waals surface area contributed by atoms with Crippen molar-refractivity contribution in [3.8, 4) is 0 Å². The summed E-state index contributed by atoms with van der Waals surface area (Å²) >= 11 is 0. The molecule has 0 spiro atoms. The maximum absolute atomic E-state index is 12.7. The molecule has 0 aromatic carbocycles. The monoisotopic (exact) mass is 279 g/mol. The lowest BCUT2D eigenvalue weighted by Crippen LogP contribution is -2.25.